The standard InChI is InChI=1S/C28H21N7O/c1-17(22-9-2-3-12-31-22)33-28(36)26-27(30)35-25(20-7-4-6-18(14-20)16-29)24(34-26)21-10-11-23-19(15-21)8-5-13-32-23/h2-15,17H,1H3,(H2,30,35)(H,33,36)/t17-/m1/s1. The third kappa shape index (κ3) is 4.45. The van der Waals surface area contributed by atoms with Gasteiger partial charge in [0.25, 0.3) is 5.91 Å². The molecule has 8 heteroatoms. The van der Waals surface area contributed by atoms with Crippen molar-refractivity contribution in [3.63, 3.8) is 0 Å². The van der Waals surface area contributed by atoms with Gasteiger partial charge in [0.1, 0.15) is 0 Å². The van der Waals surface area contributed by atoms with Crippen LogP contribution < -0.4 is 11.1 Å². The second-order valence-corrected chi connectivity index (χ2v) is 8.21. The van der Waals surface area contributed by atoms with E-state index in [2.05, 4.69) is 26.3 Å². The highest BCUT2D eigenvalue weighted by atomic mass is 16.2. The maximum atomic E-state index is 13.2. The van der Waals surface area contributed by atoms with Crippen LogP contribution in [0.15, 0.2) is 85.2 Å². The van der Waals surface area contributed by atoms with Gasteiger partial charge in [-0.25, -0.2) is 9.97 Å². The number of nitrogens with two attached hydrogens (primary N) is 1. The van der Waals surface area contributed by atoms with E-state index < -0.39 is 5.91 Å². The van der Waals surface area contributed by atoms with Crippen LogP contribution in [-0.4, -0.2) is 25.8 Å². The first kappa shape index (κ1) is 22.6. The topological polar surface area (TPSA) is 130 Å². The molecule has 3 heterocycles. The van der Waals surface area contributed by atoms with Gasteiger partial charge in [0.2, 0.25) is 0 Å². The molecule has 3 aromatic heterocycles. The summed E-state index contributed by atoms with van der Waals surface area (Å²) in [6.45, 7) is 1.84. The highest BCUT2D eigenvalue weighted by molar-refractivity contribution is 5.98. The van der Waals surface area contributed by atoms with E-state index in [1.807, 2.05) is 61.5 Å². The Balaban J connectivity index is 1.63. The lowest BCUT2D eigenvalue weighted by Crippen LogP contribution is -2.29. The number of pyridine rings is 2. The Labute approximate surface area is 207 Å². The molecule has 0 radical (unpaired) electrons. The summed E-state index contributed by atoms with van der Waals surface area (Å²) in [5.74, 6) is -0.469. The first-order valence-electron chi connectivity index (χ1n) is 11.3. The molecule has 0 saturated heterocycles. The molecule has 0 unspecified atom stereocenters. The van der Waals surface area contributed by atoms with Crippen molar-refractivity contribution >= 4 is 22.6 Å². The number of amides is 1. The first-order chi connectivity index (χ1) is 17.5. The molecule has 0 spiro atoms. The monoisotopic (exact) mass is 471 g/mol. The Bertz CT molecular complexity index is 1630. The fourth-order valence-corrected chi connectivity index (χ4v) is 3.95. The first-order valence-corrected chi connectivity index (χ1v) is 11.3. The predicted molar refractivity (Wildman–Crippen MR) is 137 cm³/mol. The normalized spacial score (nSPS) is 11.6. The van der Waals surface area contributed by atoms with Gasteiger partial charge < -0.3 is 11.1 Å². The number of nitrogen functional groups attached to an aromatic ring is 1. The van der Waals surface area contributed by atoms with Gasteiger partial charge >= 0.3 is 0 Å². The minimum atomic E-state index is -0.459. The van der Waals surface area contributed by atoms with Crippen LogP contribution in [-0.2, 0) is 0 Å². The summed E-state index contributed by atoms with van der Waals surface area (Å²) in [6.07, 6.45) is 3.40. The molecule has 0 bridgehead atoms. The highest BCUT2D eigenvalue weighted by Crippen LogP contribution is 2.32. The van der Waals surface area contributed by atoms with E-state index in [-0.39, 0.29) is 17.6 Å². The molecular weight excluding hydrogens is 450 g/mol. The zero-order valence-electron chi connectivity index (χ0n) is 19.4. The Morgan fingerprint density at radius 2 is 1.72 bits per heavy atom. The number of anilines is 1. The molecule has 1 atom stereocenters. The highest BCUT2D eigenvalue weighted by Gasteiger charge is 2.22. The third-order valence-electron chi connectivity index (χ3n) is 5.76. The second kappa shape index (κ2) is 9.60. The van der Waals surface area contributed by atoms with Crippen LogP contribution in [0.4, 0.5) is 5.82 Å². The molecule has 5 aromatic rings. The Morgan fingerprint density at radius 3 is 2.53 bits per heavy atom. The Morgan fingerprint density at radius 1 is 0.917 bits per heavy atom. The zero-order chi connectivity index (χ0) is 25.1. The van der Waals surface area contributed by atoms with Crippen LogP contribution in [0.2, 0.25) is 0 Å². The van der Waals surface area contributed by atoms with E-state index in [0.717, 1.165) is 16.5 Å². The molecule has 0 aliphatic rings. The van der Waals surface area contributed by atoms with E-state index in [4.69, 9.17) is 10.7 Å². The fraction of sp³-hybridized carbons (Fsp3) is 0.0714. The SMILES string of the molecule is C[C@@H](NC(=O)c1nc(-c2ccc3ncccc3c2)c(-c2cccc(C#N)c2)nc1N)c1ccccn1. The average Bonchev–Trinajstić information content (AvgIpc) is 2.93. The van der Waals surface area contributed by atoms with Crippen molar-refractivity contribution in [3.05, 3.63) is 102 Å². The summed E-state index contributed by atoms with van der Waals surface area (Å²) in [6, 6.07) is 23.8. The number of aromatic nitrogens is 4. The molecule has 0 aliphatic carbocycles. The Hall–Kier alpha value is -5.16. The summed E-state index contributed by atoms with van der Waals surface area (Å²) in [5, 5.41) is 13.2. The maximum absolute atomic E-state index is 13.2. The number of fused-ring (bicyclic) bond motifs is 1. The van der Waals surface area contributed by atoms with Crippen molar-refractivity contribution in [2.75, 3.05) is 5.73 Å². The second-order valence-electron chi connectivity index (χ2n) is 8.21. The summed E-state index contributed by atoms with van der Waals surface area (Å²) in [4.78, 5) is 31.2. The van der Waals surface area contributed by atoms with Crippen LogP contribution in [0.3, 0.4) is 0 Å². The van der Waals surface area contributed by atoms with Crippen molar-refractivity contribution in [1.82, 2.24) is 25.3 Å². The number of nitriles is 1. The third-order valence-corrected chi connectivity index (χ3v) is 5.76. The van der Waals surface area contributed by atoms with Crippen molar-refractivity contribution < 1.29 is 4.79 Å². The summed E-state index contributed by atoms with van der Waals surface area (Å²) >= 11 is 0. The number of carbonyl (C=O) groups excluding carboxylic acids is 1. The average molecular weight is 472 g/mol. The molecule has 174 valence electrons. The summed E-state index contributed by atoms with van der Waals surface area (Å²) in [5.41, 5.74) is 10.7. The van der Waals surface area contributed by atoms with E-state index in [0.29, 0.717) is 28.2 Å². The van der Waals surface area contributed by atoms with E-state index >= 15 is 0 Å². The fourth-order valence-electron chi connectivity index (χ4n) is 3.95. The molecule has 5 rings (SSSR count). The summed E-state index contributed by atoms with van der Waals surface area (Å²) < 4.78 is 0. The largest absolute Gasteiger partial charge is 0.382 e. The van der Waals surface area contributed by atoms with Gasteiger partial charge in [0.15, 0.2) is 11.5 Å². The molecule has 2 aromatic carbocycles. The van der Waals surface area contributed by atoms with E-state index in [9.17, 15) is 10.1 Å². The van der Waals surface area contributed by atoms with Crippen LogP contribution in [0, 0.1) is 11.3 Å². The lowest BCUT2D eigenvalue weighted by Gasteiger charge is -2.16. The van der Waals surface area contributed by atoms with Gasteiger partial charge in [-0.15, -0.1) is 0 Å². The lowest BCUT2D eigenvalue weighted by atomic mass is 10.0. The maximum Gasteiger partial charge on any atom is 0.274 e. The number of hydrogen-bond acceptors (Lipinski definition) is 7. The number of nitrogens with one attached hydrogen (secondary N) is 1. The van der Waals surface area contributed by atoms with Crippen molar-refractivity contribution in [2.45, 2.75) is 13.0 Å². The van der Waals surface area contributed by atoms with Crippen molar-refractivity contribution in [2.24, 2.45) is 0 Å². The van der Waals surface area contributed by atoms with Crippen LogP contribution in [0.1, 0.15) is 34.7 Å². The van der Waals surface area contributed by atoms with Gasteiger partial charge in [-0.1, -0.05) is 30.3 Å². The minimum absolute atomic E-state index is 0.00992. The van der Waals surface area contributed by atoms with Gasteiger partial charge in [-0.05, 0) is 49.4 Å². The molecule has 8 nitrogen and oxygen atoms in total. The predicted octanol–water partition coefficient (Wildman–Crippen LogP) is 4.70. The molecule has 0 saturated carbocycles. The van der Waals surface area contributed by atoms with Crippen LogP contribution in [0.5, 0.6) is 0 Å². The van der Waals surface area contributed by atoms with Gasteiger partial charge in [-0.3, -0.25) is 14.8 Å². The van der Waals surface area contributed by atoms with Crippen LogP contribution >= 0.6 is 0 Å². The molecule has 36 heavy (non-hydrogen) atoms. The van der Waals surface area contributed by atoms with Gasteiger partial charge in [-0.2, -0.15) is 5.26 Å². The van der Waals surface area contributed by atoms with E-state index in [1.54, 1.807) is 30.6 Å². The van der Waals surface area contributed by atoms with Crippen LogP contribution in [0.25, 0.3) is 33.4 Å². The number of carbonyl (C=O) groups is 1. The van der Waals surface area contributed by atoms with Crippen molar-refractivity contribution in [3.8, 4) is 28.6 Å². The summed E-state index contributed by atoms with van der Waals surface area (Å²) in [7, 11) is 0. The Kier molecular flexibility index (Phi) is 6.03. The van der Waals surface area contributed by atoms with Gasteiger partial charge in [0, 0.05) is 28.9 Å². The van der Waals surface area contributed by atoms with Gasteiger partial charge in [0.05, 0.1) is 40.3 Å². The zero-order valence-corrected chi connectivity index (χ0v) is 19.4. The smallest absolute Gasteiger partial charge is 0.274 e. The number of benzene rings is 2. The lowest BCUT2D eigenvalue weighted by molar-refractivity contribution is 0.0935. The molecule has 1 amide bonds. The molecule has 3 N–H and O–H groups in total. The molecular formula is C28H21N7O. The van der Waals surface area contributed by atoms with Crippen molar-refractivity contribution in [1.29, 1.82) is 5.26 Å². The quantitative estimate of drug-likeness (QED) is 0.380. The number of nitrogens with zero attached hydrogens (tertiary/aromatic N) is 5. The number of rotatable bonds is 5. The van der Waals surface area contributed by atoms with E-state index in [1.165, 1.54) is 0 Å². The molecule has 0 aliphatic heterocycles. The number of hydrogen-bond donors (Lipinski definition) is 2. The minimum Gasteiger partial charge on any atom is -0.382 e. The molecule has 0 fully saturated rings.